The maximum atomic E-state index is 12.0. The number of hydrogen-bond acceptors (Lipinski definition) is 6. The Balaban J connectivity index is 1.67. The number of carbonyl (C=O) groups excluding carboxylic acids is 1. The summed E-state index contributed by atoms with van der Waals surface area (Å²) in [7, 11) is 1.59. The van der Waals surface area contributed by atoms with E-state index in [0.29, 0.717) is 28.1 Å². The third kappa shape index (κ3) is 4.24. The first kappa shape index (κ1) is 17.2. The Hall–Kier alpha value is -2.67. The fourth-order valence-electron chi connectivity index (χ4n) is 2.34. The molecule has 0 atom stereocenters. The Kier molecular flexibility index (Phi) is 5.14. The maximum Gasteiger partial charge on any atom is 0.250 e. The molecule has 25 heavy (non-hydrogen) atoms. The van der Waals surface area contributed by atoms with Crippen LogP contribution < -0.4 is 10.1 Å². The maximum absolute atomic E-state index is 12.0. The van der Waals surface area contributed by atoms with Gasteiger partial charge in [0.05, 0.1) is 7.11 Å². The Morgan fingerprint density at radius 3 is 3.00 bits per heavy atom. The molecule has 3 aromatic rings. The number of fused-ring (bicyclic) bond motifs is 1. The zero-order chi connectivity index (χ0) is 17.8. The quantitative estimate of drug-likeness (QED) is 0.671. The fraction of sp³-hybridized carbons (Fsp3) is 0.278. The van der Waals surface area contributed by atoms with Gasteiger partial charge in [0, 0.05) is 17.9 Å². The molecule has 2 heterocycles. The van der Waals surface area contributed by atoms with Gasteiger partial charge in [-0.1, -0.05) is 37.3 Å². The summed E-state index contributed by atoms with van der Waals surface area (Å²) < 4.78 is 11.0. The molecule has 0 aliphatic rings. The highest BCUT2D eigenvalue weighted by molar-refractivity contribution is 7.15. The highest BCUT2D eigenvalue weighted by Gasteiger charge is 2.09. The van der Waals surface area contributed by atoms with E-state index in [1.165, 1.54) is 17.4 Å². The van der Waals surface area contributed by atoms with Gasteiger partial charge in [-0.05, 0) is 24.1 Å². The molecule has 6 nitrogen and oxygen atoms in total. The van der Waals surface area contributed by atoms with Crippen LogP contribution >= 0.6 is 11.3 Å². The van der Waals surface area contributed by atoms with Crippen molar-refractivity contribution in [2.24, 2.45) is 5.92 Å². The average molecular weight is 357 g/mol. The van der Waals surface area contributed by atoms with E-state index in [2.05, 4.69) is 29.4 Å². The zero-order valence-corrected chi connectivity index (χ0v) is 15.1. The summed E-state index contributed by atoms with van der Waals surface area (Å²) in [5.41, 5.74) is 0.660. The first-order chi connectivity index (χ1) is 12.0. The normalized spacial score (nSPS) is 11.5. The number of furan rings is 1. The monoisotopic (exact) mass is 357 g/mol. The van der Waals surface area contributed by atoms with Crippen LogP contribution in [0.4, 0.5) is 5.13 Å². The smallest absolute Gasteiger partial charge is 0.250 e. The van der Waals surface area contributed by atoms with Gasteiger partial charge in [0.1, 0.15) is 10.8 Å². The van der Waals surface area contributed by atoms with Crippen LogP contribution in [0.25, 0.3) is 17.0 Å². The van der Waals surface area contributed by atoms with Crippen LogP contribution in [-0.2, 0) is 11.2 Å². The molecule has 0 aliphatic heterocycles. The number of benzene rings is 1. The molecule has 1 N–H and O–H groups in total. The summed E-state index contributed by atoms with van der Waals surface area (Å²) in [5, 5.41) is 13.1. The second kappa shape index (κ2) is 7.48. The number of nitrogens with one attached hydrogen (secondary N) is 1. The van der Waals surface area contributed by atoms with Gasteiger partial charge in [0.2, 0.25) is 11.0 Å². The van der Waals surface area contributed by atoms with Crippen LogP contribution in [0.5, 0.6) is 5.75 Å². The standard InChI is InChI=1S/C18H19N3O3S/c1-11(2)9-16-20-21-18(25-16)19-15(22)8-7-13-10-12-5-4-6-14(23-3)17(12)24-13/h4-8,10-11H,9H2,1-3H3,(H,19,21,22)/b8-7+. The molecule has 0 unspecified atom stereocenters. The highest BCUT2D eigenvalue weighted by Crippen LogP contribution is 2.28. The van der Waals surface area contributed by atoms with Crippen LogP contribution in [0, 0.1) is 5.92 Å². The molecule has 7 heteroatoms. The molecule has 1 amide bonds. The average Bonchev–Trinajstić information content (AvgIpc) is 3.18. The van der Waals surface area contributed by atoms with Crippen molar-refractivity contribution in [2.45, 2.75) is 20.3 Å². The predicted octanol–water partition coefficient (Wildman–Crippen LogP) is 4.14. The number of carbonyl (C=O) groups is 1. The van der Waals surface area contributed by atoms with Crippen LogP contribution in [-0.4, -0.2) is 23.2 Å². The van der Waals surface area contributed by atoms with Gasteiger partial charge in [-0.3, -0.25) is 10.1 Å². The summed E-state index contributed by atoms with van der Waals surface area (Å²) in [4.78, 5) is 12.0. The van der Waals surface area contributed by atoms with Crippen molar-refractivity contribution < 1.29 is 13.9 Å². The van der Waals surface area contributed by atoms with E-state index in [-0.39, 0.29) is 5.91 Å². The number of aromatic nitrogens is 2. The minimum absolute atomic E-state index is 0.278. The molecule has 0 fully saturated rings. The first-order valence-electron chi connectivity index (χ1n) is 7.93. The number of methoxy groups -OCH3 is 1. The van der Waals surface area contributed by atoms with E-state index < -0.39 is 0 Å². The van der Waals surface area contributed by atoms with E-state index in [1.54, 1.807) is 13.2 Å². The molecule has 0 saturated heterocycles. The van der Waals surface area contributed by atoms with Gasteiger partial charge < -0.3 is 9.15 Å². The van der Waals surface area contributed by atoms with E-state index in [0.717, 1.165) is 16.8 Å². The first-order valence-corrected chi connectivity index (χ1v) is 8.75. The van der Waals surface area contributed by atoms with Crippen LogP contribution in [0.15, 0.2) is 34.8 Å². The summed E-state index contributed by atoms with van der Waals surface area (Å²) in [6.45, 7) is 4.23. The summed E-state index contributed by atoms with van der Waals surface area (Å²) in [5.74, 6) is 1.46. The number of ether oxygens (including phenoxy) is 1. The molecule has 130 valence electrons. The minimum Gasteiger partial charge on any atom is -0.493 e. The van der Waals surface area contributed by atoms with Gasteiger partial charge in [-0.25, -0.2) is 0 Å². The topological polar surface area (TPSA) is 77.2 Å². The van der Waals surface area contributed by atoms with Crippen molar-refractivity contribution in [3.8, 4) is 5.75 Å². The molecular formula is C18H19N3O3S. The third-order valence-electron chi connectivity index (χ3n) is 3.43. The number of anilines is 1. The van der Waals surface area contributed by atoms with Crippen molar-refractivity contribution in [1.29, 1.82) is 0 Å². The lowest BCUT2D eigenvalue weighted by Gasteiger charge is -1.98. The van der Waals surface area contributed by atoms with Gasteiger partial charge >= 0.3 is 0 Å². The van der Waals surface area contributed by atoms with Crippen LogP contribution in [0.2, 0.25) is 0 Å². The second-order valence-corrected chi connectivity index (χ2v) is 7.01. The Morgan fingerprint density at radius 1 is 1.40 bits per heavy atom. The zero-order valence-electron chi connectivity index (χ0n) is 14.3. The van der Waals surface area contributed by atoms with Gasteiger partial charge in [0.15, 0.2) is 11.3 Å². The SMILES string of the molecule is COc1cccc2cc(/C=C/C(=O)Nc3nnc(CC(C)C)s3)oc12. The van der Waals surface area contributed by atoms with Crippen LogP contribution in [0.3, 0.4) is 0 Å². The molecule has 0 saturated carbocycles. The van der Waals surface area contributed by atoms with E-state index >= 15 is 0 Å². The van der Waals surface area contributed by atoms with Crippen molar-refractivity contribution >= 4 is 39.4 Å². The van der Waals surface area contributed by atoms with E-state index in [9.17, 15) is 4.79 Å². The van der Waals surface area contributed by atoms with Crippen molar-refractivity contribution in [1.82, 2.24) is 10.2 Å². The number of nitrogens with zero attached hydrogens (tertiary/aromatic N) is 2. The fourth-order valence-corrected chi connectivity index (χ4v) is 3.29. The van der Waals surface area contributed by atoms with Crippen molar-refractivity contribution in [3.63, 3.8) is 0 Å². The Bertz CT molecular complexity index is 911. The van der Waals surface area contributed by atoms with Gasteiger partial charge in [-0.2, -0.15) is 0 Å². The predicted molar refractivity (Wildman–Crippen MR) is 98.9 cm³/mol. The lowest BCUT2D eigenvalue weighted by Crippen LogP contribution is -2.07. The molecule has 0 radical (unpaired) electrons. The molecule has 0 spiro atoms. The lowest BCUT2D eigenvalue weighted by atomic mass is 10.1. The second-order valence-electron chi connectivity index (χ2n) is 5.95. The molecule has 3 rings (SSSR count). The highest BCUT2D eigenvalue weighted by atomic mass is 32.1. The van der Waals surface area contributed by atoms with E-state index in [1.807, 2.05) is 24.3 Å². The molecule has 0 aliphatic carbocycles. The van der Waals surface area contributed by atoms with E-state index in [4.69, 9.17) is 9.15 Å². The van der Waals surface area contributed by atoms with Gasteiger partial charge in [-0.15, -0.1) is 10.2 Å². The largest absolute Gasteiger partial charge is 0.493 e. The summed E-state index contributed by atoms with van der Waals surface area (Å²) >= 11 is 1.39. The number of hydrogen-bond donors (Lipinski definition) is 1. The molecular weight excluding hydrogens is 338 g/mol. The molecule has 1 aromatic carbocycles. The number of rotatable bonds is 6. The molecule has 0 bridgehead atoms. The minimum atomic E-state index is -0.278. The Labute approximate surface area is 149 Å². The Morgan fingerprint density at radius 2 is 2.24 bits per heavy atom. The molecule has 2 aromatic heterocycles. The van der Waals surface area contributed by atoms with Crippen molar-refractivity contribution in [2.75, 3.05) is 12.4 Å². The van der Waals surface area contributed by atoms with Crippen molar-refractivity contribution in [3.05, 3.63) is 41.1 Å². The number of amides is 1. The number of para-hydroxylation sites is 1. The van der Waals surface area contributed by atoms with Gasteiger partial charge in [0.25, 0.3) is 0 Å². The lowest BCUT2D eigenvalue weighted by molar-refractivity contribution is -0.111. The third-order valence-corrected chi connectivity index (χ3v) is 4.29. The summed E-state index contributed by atoms with van der Waals surface area (Å²) in [6.07, 6.45) is 3.88. The van der Waals surface area contributed by atoms with Crippen LogP contribution in [0.1, 0.15) is 24.6 Å². The summed E-state index contributed by atoms with van der Waals surface area (Å²) in [6, 6.07) is 7.50.